The van der Waals surface area contributed by atoms with Gasteiger partial charge < -0.3 is 9.64 Å². The molecule has 0 aliphatic carbocycles. The van der Waals surface area contributed by atoms with E-state index in [-0.39, 0.29) is 50.5 Å². The quantitative estimate of drug-likeness (QED) is 0.517. The molecule has 0 bridgehead atoms. The van der Waals surface area contributed by atoms with Crippen molar-refractivity contribution in [1.82, 2.24) is 14.7 Å². The largest absolute Gasteiger partial charge is 0.471 e. The molecular weight excluding hydrogens is 395 g/mol. The van der Waals surface area contributed by atoms with Crippen molar-refractivity contribution in [2.45, 2.75) is 6.18 Å². The molecular formula is C18H18F3N3O5. The Balaban J connectivity index is 1.40. The summed E-state index contributed by atoms with van der Waals surface area (Å²) in [6.45, 7) is 0.00947. The van der Waals surface area contributed by atoms with Crippen LogP contribution in [0, 0.1) is 0 Å². The predicted octanol–water partition coefficient (Wildman–Crippen LogP) is 0.532. The Bertz CT molecular complexity index is 799. The molecule has 0 atom stereocenters. The third kappa shape index (κ3) is 4.56. The van der Waals surface area contributed by atoms with E-state index in [4.69, 9.17) is 4.74 Å². The number of imide groups is 1. The molecule has 3 amide bonds. The smallest absolute Gasteiger partial charge is 0.463 e. The number of piperazine rings is 1. The van der Waals surface area contributed by atoms with Crippen molar-refractivity contribution >= 4 is 23.7 Å². The lowest BCUT2D eigenvalue weighted by atomic mass is 10.1. The molecule has 2 aliphatic heterocycles. The van der Waals surface area contributed by atoms with E-state index < -0.39 is 36.4 Å². The van der Waals surface area contributed by atoms with Gasteiger partial charge in [0, 0.05) is 32.7 Å². The van der Waals surface area contributed by atoms with E-state index in [1.165, 1.54) is 12.1 Å². The van der Waals surface area contributed by atoms with Crippen LogP contribution in [0.1, 0.15) is 20.7 Å². The van der Waals surface area contributed by atoms with E-state index >= 15 is 0 Å². The van der Waals surface area contributed by atoms with Crippen LogP contribution in [0.25, 0.3) is 0 Å². The average Bonchev–Trinajstić information content (AvgIpc) is 2.92. The summed E-state index contributed by atoms with van der Waals surface area (Å²) in [4.78, 5) is 50.9. The summed E-state index contributed by atoms with van der Waals surface area (Å²) in [6.07, 6.45) is -4.89. The highest BCUT2D eigenvalue weighted by Gasteiger charge is 2.43. The van der Waals surface area contributed by atoms with Crippen molar-refractivity contribution in [2.75, 3.05) is 45.9 Å². The number of alkyl halides is 3. The first-order chi connectivity index (χ1) is 13.7. The number of nitrogens with zero attached hydrogens (tertiary/aromatic N) is 3. The van der Waals surface area contributed by atoms with E-state index in [1.807, 2.05) is 0 Å². The third-order valence-corrected chi connectivity index (χ3v) is 4.74. The Morgan fingerprint density at radius 1 is 0.966 bits per heavy atom. The molecule has 8 nitrogen and oxygen atoms in total. The lowest BCUT2D eigenvalue weighted by Gasteiger charge is -2.34. The number of fused-ring (bicyclic) bond motifs is 1. The average molecular weight is 413 g/mol. The maximum absolute atomic E-state index is 12.4. The Morgan fingerprint density at radius 3 is 2.03 bits per heavy atom. The molecule has 156 valence electrons. The van der Waals surface area contributed by atoms with Crippen LogP contribution in [0.5, 0.6) is 0 Å². The first-order valence-corrected chi connectivity index (χ1v) is 8.88. The molecule has 0 N–H and O–H groups in total. The maximum Gasteiger partial charge on any atom is 0.471 e. The van der Waals surface area contributed by atoms with E-state index in [0.29, 0.717) is 0 Å². The van der Waals surface area contributed by atoms with Gasteiger partial charge >= 0.3 is 18.1 Å². The summed E-state index contributed by atoms with van der Waals surface area (Å²) < 4.78 is 42.3. The number of halogens is 3. The number of hydrogen-bond donors (Lipinski definition) is 0. The predicted molar refractivity (Wildman–Crippen MR) is 91.8 cm³/mol. The number of rotatable bonds is 5. The van der Waals surface area contributed by atoms with E-state index in [1.54, 1.807) is 17.0 Å². The minimum atomic E-state index is -4.89. The summed E-state index contributed by atoms with van der Waals surface area (Å²) in [5.74, 6) is -3.74. The normalized spacial score (nSPS) is 17.5. The minimum absolute atomic E-state index is 0.0464. The molecule has 0 spiro atoms. The number of amides is 3. The standard InChI is InChI=1S/C18H18F3N3O5/c19-18(20,21)17(28)23-7-5-22(6-8-23)9-10-29-14(25)11-24-15(26)12-3-1-2-4-13(12)16(24)27/h1-4H,5-11H2. The van der Waals surface area contributed by atoms with Gasteiger partial charge in [0.25, 0.3) is 11.8 Å². The van der Waals surface area contributed by atoms with Gasteiger partial charge in [-0.05, 0) is 12.1 Å². The molecule has 0 radical (unpaired) electrons. The van der Waals surface area contributed by atoms with Crippen LogP contribution < -0.4 is 0 Å². The summed E-state index contributed by atoms with van der Waals surface area (Å²) in [5, 5.41) is 0. The second kappa shape index (κ2) is 8.19. The zero-order chi connectivity index (χ0) is 21.2. The van der Waals surface area contributed by atoms with Crippen LogP contribution in [-0.2, 0) is 14.3 Å². The van der Waals surface area contributed by atoms with Gasteiger partial charge in [-0.15, -0.1) is 0 Å². The Labute approximate surface area is 163 Å². The monoisotopic (exact) mass is 413 g/mol. The van der Waals surface area contributed by atoms with Gasteiger partial charge in [0.05, 0.1) is 11.1 Å². The van der Waals surface area contributed by atoms with Crippen LogP contribution in [-0.4, -0.2) is 90.4 Å². The molecule has 0 aromatic heterocycles. The summed E-state index contributed by atoms with van der Waals surface area (Å²) >= 11 is 0. The van der Waals surface area contributed by atoms with Gasteiger partial charge in [0.1, 0.15) is 13.2 Å². The fourth-order valence-electron chi connectivity index (χ4n) is 3.20. The Morgan fingerprint density at radius 2 is 1.52 bits per heavy atom. The zero-order valence-corrected chi connectivity index (χ0v) is 15.3. The SMILES string of the molecule is O=C(CN1C(=O)c2ccccc2C1=O)OCCN1CCN(C(=O)C(F)(F)F)CC1. The number of ether oxygens (including phenoxy) is 1. The second-order valence-corrected chi connectivity index (χ2v) is 6.59. The van der Waals surface area contributed by atoms with Crippen LogP contribution in [0.3, 0.4) is 0 Å². The van der Waals surface area contributed by atoms with Crippen molar-refractivity contribution in [3.63, 3.8) is 0 Å². The van der Waals surface area contributed by atoms with Crippen LogP contribution >= 0.6 is 0 Å². The first-order valence-electron chi connectivity index (χ1n) is 8.88. The van der Waals surface area contributed by atoms with Crippen molar-refractivity contribution in [3.05, 3.63) is 35.4 Å². The molecule has 1 aromatic carbocycles. The van der Waals surface area contributed by atoms with Gasteiger partial charge in [-0.2, -0.15) is 13.2 Å². The van der Waals surface area contributed by atoms with Gasteiger partial charge in [-0.25, -0.2) is 0 Å². The minimum Gasteiger partial charge on any atom is -0.463 e. The van der Waals surface area contributed by atoms with Crippen LogP contribution in [0.4, 0.5) is 13.2 Å². The molecule has 29 heavy (non-hydrogen) atoms. The molecule has 0 saturated carbocycles. The summed E-state index contributed by atoms with van der Waals surface area (Å²) in [6, 6.07) is 6.25. The van der Waals surface area contributed by atoms with Gasteiger partial charge in [-0.1, -0.05) is 12.1 Å². The van der Waals surface area contributed by atoms with E-state index in [0.717, 1.165) is 9.80 Å². The lowest BCUT2D eigenvalue weighted by molar-refractivity contribution is -0.187. The highest BCUT2D eigenvalue weighted by atomic mass is 19.4. The first kappa shape index (κ1) is 20.8. The molecule has 1 saturated heterocycles. The highest BCUT2D eigenvalue weighted by Crippen LogP contribution is 2.22. The van der Waals surface area contributed by atoms with Crippen molar-refractivity contribution in [1.29, 1.82) is 0 Å². The molecule has 1 fully saturated rings. The molecule has 1 aromatic rings. The number of esters is 1. The molecule has 0 unspecified atom stereocenters. The Hall–Kier alpha value is -2.95. The topological polar surface area (TPSA) is 87.2 Å². The molecule has 3 rings (SSSR count). The molecule has 2 aliphatic rings. The highest BCUT2D eigenvalue weighted by molar-refractivity contribution is 6.22. The Kier molecular flexibility index (Phi) is 5.87. The number of benzene rings is 1. The molecule has 2 heterocycles. The number of carbonyl (C=O) groups excluding carboxylic acids is 4. The van der Waals surface area contributed by atoms with Gasteiger partial charge in [-0.3, -0.25) is 29.0 Å². The summed E-state index contributed by atoms with van der Waals surface area (Å²) in [7, 11) is 0. The zero-order valence-electron chi connectivity index (χ0n) is 15.3. The van der Waals surface area contributed by atoms with Crippen molar-refractivity contribution in [3.8, 4) is 0 Å². The van der Waals surface area contributed by atoms with E-state index in [9.17, 15) is 32.3 Å². The number of hydrogen-bond acceptors (Lipinski definition) is 6. The van der Waals surface area contributed by atoms with Gasteiger partial charge in [0.2, 0.25) is 0 Å². The lowest BCUT2D eigenvalue weighted by Crippen LogP contribution is -2.52. The maximum atomic E-state index is 12.4. The van der Waals surface area contributed by atoms with Crippen LogP contribution in [0.15, 0.2) is 24.3 Å². The van der Waals surface area contributed by atoms with E-state index in [2.05, 4.69) is 0 Å². The number of carbonyl (C=O) groups is 4. The third-order valence-electron chi connectivity index (χ3n) is 4.74. The van der Waals surface area contributed by atoms with Crippen molar-refractivity contribution in [2.24, 2.45) is 0 Å². The fourth-order valence-corrected chi connectivity index (χ4v) is 3.20. The van der Waals surface area contributed by atoms with Gasteiger partial charge in [0.15, 0.2) is 0 Å². The second-order valence-electron chi connectivity index (χ2n) is 6.59. The summed E-state index contributed by atoms with van der Waals surface area (Å²) in [5.41, 5.74) is 0.466. The molecule has 11 heteroatoms. The fraction of sp³-hybridized carbons (Fsp3) is 0.444. The van der Waals surface area contributed by atoms with Crippen LogP contribution in [0.2, 0.25) is 0 Å². The van der Waals surface area contributed by atoms with Crippen molar-refractivity contribution < 1.29 is 37.1 Å².